The highest BCUT2D eigenvalue weighted by Crippen LogP contribution is 2.23. The molecule has 1 aliphatic rings. The Hall–Kier alpha value is -2.54. The summed E-state index contributed by atoms with van der Waals surface area (Å²) in [5, 5.41) is 2.57. The zero-order valence-electron chi connectivity index (χ0n) is 12.4. The van der Waals surface area contributed by atoms with E-state index in [4.69, 9.17) is 4.74 Å². The lowest BCUT2D eigenvalue weighted by Gasteiger charge is -2.11. The quantitative estimate of drug-likeness (QED) is 0.901. The van der Waals surface area contributed by atoms with Crippen molar-refractivity contribution in [3.8, 4) is 0 Å². The molecule has 1 fully saturated rings. The molecular formula is C16H16N2O4S. The topological polar surface area (TPSA) is 84.5 Å². The van der Waals surface area contributed by atoms with Crippen molar-refractivity contribution in [3.63, 3.8) is 0 Å². The van der Waals surface area contributed by atoms with Crippen molar-refractivity contribution < 1.29 is 17.9 Å². The molecular weight excluding hydrogens is 316 g/mol. The van der Waals surface area contributed by atoms with Gasteiger partial charge >= 0.3 is 6.09 Å². The molecule has 1 unspecified atom stereocenters. The molecule has 1 amide bonds. The van der Waals surface area contributed by atoms with E-state index in [-0.39, 0.29) is 11.0 Å². The number of anilines is 1. The highest BCUT2D eigenvalue weighted by molar-refractivity contribution is 7.92. The number of hydrogen-bond acceptors (Lipinski definition) is 4. The van der Waals surface area contributed by atoms with Gasteiger partial charge in [-0.05, 0) is 36.8 Å². The monoisotopic (exact) mass is 332 g/mol. The number of rotatable bonds is 4. The molecule has 0 aromatic heterocycles. The number of aryl methyl sites for hydroxylation is 1. The van der Waals surface area contributed by atoms with Crippen molar-refractivity contribution in [3.05, 3.63) is 59.7 Å². The number of alkyl carbamates (subject to hydrolysis) is 1. The van der Waals surface area contributed by atoms with E-state index in [1.807, 2.05) is 6.92 Å². The minimum Gasteiger partial charge on any atom is -0.439 e. The summed E-state index contributed by atoms with van der Waals surface area (Å²) in [6, 6.07) is 13.4. The summed E-state index contributed by atoms with van der Waals surface area (Å²) < 4.78 is 32.2. The minimum atomic E-state index is -3.62. The first-order chi connectivity index (χ1) is 10.9. The first-order valence-electron chi connectivity index (χ1n) is 7.08. The third-order valence-corrected chi connectivity index (χ3v) is 4.94. The van der Waals surface area contributed by atoms with Gasteiger partial charge in [0.25, 0.3) is 10.0 Å². The van der Waals surface area contributed by atoms with E-state index >= 15 is 0 Å². The Morgan fingerprint density at radius 2 is 1.74 bits per heavy atom. The second-order valence-electron chi connectivity index (χ2n) is 5.32. The van der Waals surface area contributed by atoms with Crippen molar-refractivity contribution in [1.82, 2.24) is 5.32 Å². The Morgan fingerprint density at radius 3 is 2.30 bits per heavy atom. The Kier molecular flexibility index (Phi) is 3.96. The van der Waals surface area contributed by atoms with Crippen LogP contribution in [0.25, 0.3) is 0 Å². The lowest BCUT2D eigenvalue weighted by atomic mass is 10.1. The molecule has 1 saturated heterocycles. The van der Waals surface area contributed by atoms with Gasteiger partial charge in [0.15, 0.2) is 0 Å². The summed E-state index contributed by atoms with van der Waals surface area (Å²) in [5.74, 6) is 0. The van der Waals surface area contributed by atoms with Gasteiger partial charge in [-0.25, -0.2) is 13.2 Å². The summed E-state index contributed by atoms with van der Waals surface area (Å²) in [6.07, 6.45) is -0.788. The van der Waals surface area contributed by atoms with E-state index in [1.165, 1.54) is 0 Å². The van der Waals surface area contributed by atoms with Crippen molar-refractivity contribution in [2.75, 3.05) is 11.3 Å². The lowest BCUT2D eigenvalue weighted by molar-refractivity contribution is 0.141. The second-order valence-corrected chi connectivity index (χ2v) is 7.00. The lowest BCUT2D eigenvalue weighted by Crippen LogP contribution is -2.13. The Balaban J connectivity index is 1.75. The van der Waals surface area contributed by atoms with Crippen LogP contribution in [-0.4, -0.2) is 21.1 Å². The van der Waals surface area contributed by atoms with Gasteiger partial charge in [-0.3, -0.25) is 4.72 Å². The molecule has 120 valence electrons. The molecule has 0 spiro atoms. The molecule has 2 aromatic carbocycles. The molecule has 0 saturated carbocycles. The van der Waals surface area contributed by atoms with Gasteiger partial charge in [0.2, 0.25) is 0 Å². The molecule has 1 atom stereocenters. The van der Waals surface area contributed by atoms with Gasteiger partial charge in [0.05, 0.1) is 11.4 Å². The van der Waals surface area contributed by atoms with E-state index in [9.17, 15) is 13.2 Å². The minimum absolute atomic E-state index is 0.209. The Morgan fingerprint density at radius 1 is 1.09 bits per heavy atom. The average Bonchev–Trinajstić information content (AvgIpc) is 2.95. The average molecular weight is 332 g/mol. The molecule has 0 aliphatic carbocycles. The summed E-state index contributed by atoms with van der Waals surface area (Å²) >= 11 is 0. The second kappa shape index (κ2) is 5.92. The van der Waals surface area contributed by atoms with Gasteiger partial charge in [-0.2, -0.15) is 0 Å². The van der Waals surface area contributed by atoms with E-state index in [2.05, 4.69) is 10.0 Å². The standard InChI is InChI=1S/C16H16N2O4S/c1-11-2-8-14(9-3-11)23(20,21)18-13-6-4-12(5-7-13)15-10-17-16(19)22-15/h2-9,15,18H,10H2,1H3,(H,17,19). The highest BCUT2D eigenvalue weighted by atomic mass is 32.2. The van der Waals surface area contributed by atoms with Crippen LogP contribution in [0.4, 0.5) is 10.5 Å². The first-order valence-corrected chi connectivity index (χ1v) is 8.56. The predicted octanol–water partition coefficient (Wildman–Crippen LogP) is 2.58. The maximum absolute atomic E-state index is 12.3. The van der Waals surface area contributed by atoms with Crippen LogP contribution in [0.1, 0.15) is 17.2 Å². The van der Waals surface area contributed by atoms with E-state index in [0.717, 1.165) is 11.1 Å². The third-order valence-electron chi connectivity index (χ3n) is 3.55. The van der Waals surface area contributed by atoms with Crippen LogP contribution in [-0.2, 0) is 14.8 Å². The highest BCUT2D eigenvalue weighted by Gasteiger charge is 2.24. The number of sulfonamides is 1. The molecule has 23 heavy (non-hydrogen) atoms. The number of carbonyl (C=O) groups is 1. The molecule has 7 heteroatoms. The normalized spacial score (nSPS) is 17.4. The zero-order chi connectivity index (χ0) is 16.4. The summed E-state index contributed by atoms with van der Waals surface area (Å²) in [5.41, 5.74) is 2.25. The molecule has 0 bridgehead atoms. The summed E-state index contributed by atoms with van der Waals surface area (Å²) in [4.78, 5) is 11.2. The molecule has 6 nitrogen and oxygen atoms in total. The number of hydrogen-bond donors (Lipinski definition) is 2. The first kappa shape index (κ1) is 15.4. The van der Waals surface area contributed by atoms with E-state index < -0.39 is 16.1 Å². The third kappa shape index (κ3) is 3.45. The van der Waals surface area contributed by atoms with Crippen molar-refractivity contribution in [2.24, 2.45) is 0 Å². The van der Waals surface area contributed by atoms with Crippen LogP contribution < -0.4 is 10.0 Å². The number of nitrogens with one attached hydrogen (secondary N) is 2. The largest absolute Gasteiger partial charge is 0.439 e. The fourth-order valence-electron chi connectivity index (χ4n) is 2.27. The smallest absolute Gasteiger partial charge is 0.407 e. The van der Waals surface area contributed by atoms with Crippen LogP contribution >= 0.6 is 0 Å². The number of ether oxygens (including phenoxy) is 1. The van der Waals surface area contributed by atoms with Crippen LogP contribution in [0.5, 0.6) is 0 Å². The van der Waals surface area contributed by atoms with Gasteiger partial charge in [-0.15, -0.1) is 0 Å². The van der Waals surface area contributed by atoms with Crippen molar-refractivity contribution in [1.29, 1.82) is 0 Å². The van der Waals surface area contributed by atoms with Crippen molar-refractivity contribution in [2.45, 2.75) is 17.9 Å². The summed E-state index contributed by atoms with van der Waals surface area (Å²) in [7, 11) is -3.62. The number of carbonyl (C=O) groups excluding carboxylic acids is 1. The van der Waals surface area contributed by atoms with Crippen LogP contribution in [0, 0.1) is 6.92 Å². The van der Waals surface area contributed by atoms with E-state index in [0.29, 0.717) is 12.2 Å². The van der Waals surface area contributed by atoms with Crippen molar-refractivity contribution >= 4 is 21.8 Å². The zero-order valence-corrected chi connectivity index (χ0v) is 13.3. The van der Waals surface area contributed by atoms with Crippen LogP contribution in [0.3, 0.4) is 0 Å². The van der Waals surface area contributed by atoms with Gasteiger partial charge in [0, 0.05) is 5.69 Å². The fraction of sp³-hybridized carbons (Fsp3) is 0.188. The Labute approximate surface area is 134 Å². The van der Waals surface area contributed by atoms with Gasteiger partial charge < -0.3 is 10.1 Å². The SMILES string of the molecule is Cc1ccc(S(=O)(=O)Nc2ccc(C3CNC(=O)O3)cc2)cc1. The molecule has 0 radical (unpaired) electrons. The van der Waals surface area contributed by atoms with Crippen LogP contribution in [0.2, 0.25) is 0 Å². The fourth-order valence-corrected chi connectivity index (χ4v) is 3.33. The molecule has 1 aliphatic heterocycles. The number of benzene rings is 2. The van der Waals surface area contributed by atoms with Gasteiger partial charge in [-0.1, -0.05) is 29.8 Å². The van der Waals surface area contributed by atoms with E-state index in [1.54, 1.807) is 48.5 Å². The maximum Gasteiger partial charge on any atom is 0.407 e. The molecule has 2 aromatic rings. The number of amides is 1. The Bertz CT molecular complexity index is 814. The molecule has 3 rings (SSSR count). The summed E-state index contributed by atoms with van der Waals surface area (Å²) in [6.45, 7) is 2.31. The molecule has 2 N–H and O–H groups in total. The number of cyclic esters (lactones) is 1. The predicted molar refractivity (Wildman–Crippen MR) is 85.7 cm³/mol. The van der Waals surface area contributed by atoms with Gasteiger partial charge in [0.1, 0.15) is 6.10 Å². The van der Waals surface area contributed by atoms with Crippen LogP contribution in [0.15, 0.2) is 53.4 Å². The molecule has 1 heterocycles. The maximum atomic E-state index is 12.3.